The summed E-state index contributed by atoms with van der Waals surface area (Å²) < 4.78 is 0. The highest BCUT2D eigenvalue weighted by Crippen LogP contribution is 2.40. The van der Waals surface area contributed by atoms with Gasteiger partial charge in [0.2, 0.25) is 0 Å². The van der Waals surface area contributed by atoms with Gasteiger partial charge in [-0.05, 0) is 55.7 Å². The first-order valence-electron chi connectivity index (χ1n) is 6.88. The third-order valence-corrected chi connectivity index (χ3v) is 4.73. The van der Waals surface area contributed by atoms with Crippen molar-refractivity contribution in [3.63, 3.8) is 0 Å². The maximum Gasteiger partial charge on any atom is 0.0546 e. The Kier molecular flexibility index (Phi) is 3.60. The number of hydrogen-bond acceptors (Lipinski definition) is 2. The largest absolute Gasteiger partial charge is 0.393 e. The summed E-state index contributed by atoms with van der Waals surface area (Å²) in [7, 11) is 0. The van der Waals surface area contributed by atoms with Gasteiger partial charge in [-0.3, -0.25) is 0 Å². The molecular formula is C15H20ClNO. The van der Waals surface area contributed by atoms with Gasteiger partial charge in [-0.15, -0.1) is 0 Å². The monoisotopic (exact) mass is 265 g/mol. The molecule has 0 bridgehead atoms. The van der Waals surface area contributed by atoms with E-state index in [0.29, 0.717) is 17.9 Å². The Morgan fingerprint density at radius 3 is 2.56 bits per heavy atom. The number of aliphatic hydroxyl groups excluding tert-OH is 1. The highest BCUT2D eigenvalue weighted by molar-refractivity contribution is 6.31. The van der Waals surface area contributed by atoms with Gasteiger partial charge in [0.1, 0.15) is 0 Å². The van der Waals surface area contributed by atoms with Crippen LogP contribution in [0.5, 0.6) is 0 Å². The molecule has 0 aromatic heterocycles. The number of rotatable bonds is 4. The van der Waals surface area contributed by atoms with Gasteiger partial charge in [-0.25, -0.2) is 0 Å². The average Bonchev–Trinajstić information content (AvgIpc) is 2.26. The van der Waals surface area contributed by atoms with Crippen molar-refractivity contribution in [3.05, 3.63) is 34.9 Å². The highest BCUT2D eigenvalue weighted by Gasteiger charge is 2.33. The van der Waals surface area contributed by atoms with Crippen molar-refractivity contribution in [3.8, 4) is 0 Å². The van der Waals surface area contributed by atoms with Crippen molar-refractivity contribution < 1.29 is 5.11 Å². The molecule has 0 spiro atoms. The zero-order chi connectivity index (χ0) is 12.5. The molecule has 2 aliphatic rings. The Morgan fingerprint density at radius 2 is 1.89 bits per heavy atom. The fourth-order valence-electron chi connectivity index (χ4n) is 3.05. The van der Waals surface area contributed by atoms with Gasteiger partial charge in [-0.1, -0.05) is 29.8 Å². The van der Waals surface area contributed by atoms with Crippen LogP contribution in [0.25, 0.3) is 0 Å². The quantitative estimate of drug-likeness (QED) is 0.877. The van der Waals surface area contributed by atoms with E-state index in [1.54, 1.807) is 0 Å². The normalized spacial score (nSPS) is 34.8. The Balaban J connectivity index is 1.42. The molecule has 0 radical (unpaired) electrons. The van der Waals surface area contributed by atoms with Crippen molar-refractivity contribution in [2.45, 2.75) is 43.7 Å². The second-order valence-corrected chi connectivity index (χ2v) is 6.19. The summed E-state index contributed by atoms with van der Waals surface area (Å²) in [5.74, 6) is 1.32. The lowest BCUT2D eigenvalue weighted by Crippen LogP contribution is -2.45. The van der Waals surface area contributed by atoms with Crippen LogP contribution in [0, 0.1) is 5.92 Å². The first-order valence-corrected chi connectivity index (χ1v) is 7.26. The lowest BCUT2D eigenvalue weighted by molar-refractivity contribution is 0.0400. The number of aliphatic hydroxyl groups is 1. The molecule has 98 valence electrons. The standard InChI is InChI=1S/C15H20ClNO/c16-15-4-2-1-3-14(15)11-7-12(8-11)17-9-10-5-13(18)6-10/h1-4,10-13,17-18H,5-9H2. The Labute approximate surface area is 113 Å². The molecule has 2 aliphatic carbocycles. The zero-order valence-electron chi connectivity index (χ0n) is 10.5. The van der Waals surface area contributed by atoms with Crippen LogP contribution < -0.4 is 5.32 Å². The molecule has 18 heavy (non-hydrogen) atoms. The van der Waals surface area contributed by atoms with E-state index in [4.69, 9.17) is 11.6 Å². The van der Waals surface area contributed by atoms with Crippen LogP contribution in [0.3, 0.4) is 0 Å². The first kappa shape index (κ1) is 12.5. The van der Waals surface area contributed by atoms with E-state index in [2.05, 4.69) is 17.4 Å². The predicted molar refractivity (Wildman–Crippen MR) is 73.9 cm³/mol. The minimum absolute atomic E-state index is 0.0333. The fourth-order valence-corrected chi connectivity index (χ4v) is 3.34. The van der Waals surface area contributed by atoms with E-state index in [-0.39, 0.29) is 6.10 Å². The highest BCUT2D eigenvalue weighted by atomic mass is 35.5. The third kappa shape index (κ3) is 2.56. The van der Waals surface area contributed by atoms with Crippen LogP contribution in [-0.4, -0.2) is 23.8 Å². The summed E-state index contributed by atoms with van der Waals surface area (Å²) in [6, 6.07) is 8.82. The summed E-state index contributed by atoms with van der Waals surface area (Å²) in [5, 5.41) is 13.7. The summed E-state index contributed by atoms with van der Waals surface area (Å²) >= 11 is 6.21. The van der Waals surface area contributed by atoms with E-state index >= 15 is 0 Å². The fraction of sp³-hybridized carbons (Fsp3) is 0.600. The Hall–Kier alpha value is -0.570. The minimum Gasteiger partial charge on any atom is -0.393 e. The van der Waals surface area contributed by atoms with Gasteiger partial charge in [0.05, 0.1) is 6.10 Å². The molecule has 0 aliphatic heterocycles. The lowest BCUT2D eigenvalue weighted by atomic mass is 9.75. The van der Waals surface area contributed by atoms with Gasteiger partial charge >= 0.3 is 0 Å². The second kappa shape index (κ2) is 5.20. The molecule has 0 saturated heterocycles. The topological polar surface area (TPSA) is 32.3 Å². The summed E-state index contributed by atoms with van der Waals surface area (Å²) in [6.07, 6.45) is 4.31. The van der Waals surface area contributed by atoms with Crippen molar-refractivity contribution in [1.82, 2.24) is 5.32 Å². The van der Waals surface area contributed by atoms with Crippen LogP contribution >= 0.6 is 11.6 Å². The van der Waals surface area contributed by atoms with Gasteiger partial charge in [0, 0.05) is 11.1 Å². The molecule has 0 heterocycles. The maximum absolute atomic E-state index is 9.23. The molecular weight excluding hydrogens is 246 g/mol. The number of hydrogen-bond donors (Lipinski definition) is 2. The van der Waals surface area contributed by atoms with Gasteiger partial charge in [-0.2, -0.15) is 0 Å². The van der Waals surface area contributed by atoms with Crippen LogP contribution in [0.1, 0.15) is 37.2 Å². The molecule has 0 amide bonds. The molecule has 2 saturated carbocycles. The van der Waals surface area contributed by atoms with Crippen molar-refractivity contribution in [1.29, 1.82) is 0 Å². The van der Waals surface area contributed by atoms with Crippen molar-refractivity contribution in [2.24, 2.45) is 5.92 Å². The SMILES string of the molecule is OC1CC(CNC2CC(c3ccccc3Cl)C2)C1. The molecule has 2 fully saturated rings. The summed E-state index contributed by atoms with van der Waals surface area (Å²) in [4.78, 5) is 0. The van der Waals surface area contributed by atoms with Crippen LogP contribution in [0.2, 0.25) is 5.02 Å². The van der Waals surface area contributed by atoms with Crippen LogP contribution in [-0.2, 0) is 0 Å². The van der Waals surface area contributed by atoms with E-state index in [9.17, 15) is 5.11 Å². The Morgan fingerprint density at radius 1 is 1.17 bits per heavy atom. The summed E-state index contributed by atoms with van der Waals surface area (Å²) in [6.45, 7) is 1.07. The van der Waals surface area contributed by atoms with Crippen LogP contribution in [0.4, 0.5) is 0 Å². The van der Waals surface area contributed by atoms with Crippen molar-refractivity contribution in [2.75, 3.05) is 6.54 Å². The van der Waals surface area contributed by atoms with Gasteiger partial charge in [0.25, 0.3) is 0 Å². The third-order valence-electron chi connectivity index (χ3n) is 4.39. The number of halogens is 1. The van der Waals surface area contributed by atoms with E-state index in [1.807, 2.05) is 12.1 Å². The summed E-state index contributed by atoms with van der Waals surface area (Å²) in [5.41, 5.74) is 1.30. The maximum atomic E-state index is 9.23. The molecule has 0 atom stereocenters. The lowest BCUT2D eigenvalue weighted by Gasteiger charge is -2.39. The van der Waals surface area contributed by atoms with Crippen molar-refractivity contribution >= 4 is 11.6 Å². The predicted octanol–water partition coefficient (Wildman–Crippen LogP) is 2.95. The van der Waals surface area contributed by atoms with Crippen LogP contribution in [0.15, 0.2) is 24.3 Å². The average molecular weight is 266 g/mol. The zero-order valence-corrected chi connectivity index (χ0v) is 11.2. The molecule has 3 heteroatoms. The minimum atomic E-state index is -0.0333. The second-order valence-electron chi connectivity index (χ2n) is 5.79. The smallest absolute Gasteiger partial charge is 0.0546 e. The molecule has 3 rings (SSSR count). The molecule has 2 nitrogen and oxygen atoms in total. The van der Waals surface area contributed by atoms with Gasteiger partial charge < -0.3 is 10.4 Å². The molecule has 1 aromatic rings. The molecule has 1 aromatic carbocycles. The first-order chi connectivity index (χ1) is 8.72. The molecule has 0 unspecified atom stereocenters. The number of benzene rings is 1. The number of nitrogens with one attached hydrogen (secondary N) is 1. The van der Waals surface area contributed by atoms with E-state index in [1.165, 1.54) is 18.4 Å². The van der Waals surface area contributed by atoms with Gasteiger partial charge in [0.15, 0.2) is 0 Å². The van der Waals surface area contributed by atoms with E-state index in [0.717, 1.165) is 24.4 Å². The van der Waals surface area contributed by atoms with E-state index < -0.39 is 0 Å². The Bertz CT molecular complexity index is 411. The molecule has 2 N–H and O–H groups in total.